The van der Waals surface area contributed by atoms with Gasteiger partial charge in [0.1, 0.15) is 16.2 Å². The lowest BCUT2D eigenvalue weighted by Gasteiger charge is -2.04. The first-order valence-corrected chi connectivity index (χ1v) is 6.89. The summed E-state index contributed by atoms with van der Waals surface area (Å²) >= 11 is 3.93. The number of hydrogen-bond donors (Lipinski definition) is 0. The minimum atomic E-state index is -4.28. The van der Waals surface area contributed by atoms with Crippen molar-refractivity contribution in [3.05, 3.63) is 38.6 Å². The summed E-state index contributed by atoms with van der Waals surface area (Å²) in [6, 6.07) is 2.58. The minimum absolute atomic E-state index is 0.0822. The van der Waals surface area contributed by atoms with Gasteiger partial charge in [0.2, 0.25) is 0 Å². The van der Waals surface area contributed by atoms with Crippen molar-refractivity contribution in [2.45, 2.75) is 19.2 Å². The largest absolute Gasteiger partial charge is 0.468 e. The standard InChI is InChI=1S/C11H7BrF4N2OS/c12-8-2-1-7(13)10(18-8)19-5-9-17-4-6(20-9)3-11(14,15)16/h1-2,4H,3,5H2. The molecular weight excluding hydrogens is 364 g/mol. The Morgan fingerprint density at radius 1 is 1.30 bits per heavy atom. The van der Waals surface area contributed by atoms with Crippen molar-refractivity contribution in [1.29, 1.82) is 0 Å². The fourth-order valence-corrected chi connectivity index (χ4v) is 2.49. The number of pyridine rings is 1. The zero-order valence-electron chi connectivity index (χ0n) is 9.75. The Labute approximate surface area is 123 Å². The quantitative estimate of drug-likeness (QED) is 0.599. The van der Waals surface area contributed by atoms with E-state index >= 15 is 0 Å². The maximum absolute atomic E-state index is 13.3. The van der Waals surface area contributed by atoms with Gasteiger partial charge in [-0.05, 0) is 28.1 Å². The molecule has 0 unspecified atom stereocenters. The van der Waals surface area contributed by atoms with Crippen LogP contribution < -0.4 is 4.74 Å². The number of thiazole rings is 1. The van der Waals surface area contributed by atoms with Crippen LogP contribution in [0.3, 0.4) is 0 Å². The minimum Gasteiger partial charge on any atom is -0.468 e. The van der Waals surface area contributed by atoms with Crippen LogP contribution in [0.4, 0.5) is 17.6 Å². The zero-order chi connectivity index (χ0) is 14.8. The van der Waals surface area contributed by atoms with Gasteiger partial charge in [0, 0.05) is 11.1 Å². The summed E-state index contributed by atoms with van der Waals surface area (Å²) in [5.74, 6) is -0.882. The number of ether oxygens (including phenoxy) is 1. The molecule has 0 bridgehead atoms. The molecule has 2 heterocycles. The van der Waals surface area contributed by atoms with Crippen molar-refractivity contribution >= 4 is 27.3 Å². The second-order valence-corrected chi connectivity index (χ2v) is 5.73. The predicted molar refractivity (Wildman–Crippen MR) is 68.1 cm³/mol. The topological polar surface area (TPSA) is 35.0 Å². The Bertz CT molecular complexity index is 602. The van der Waals surface area contributed by atoms with Gasteiger partial charge in [0.25, 0.3) is 5.88 Å². The van der Waals surface area contributed by atoms with E-state index in [-0.39, 0.29) is 17.4 Å². The van der Waals surface area contributed by atoms with Crippen LogP contribution in [0.15, 0.2) is 22.9 Å². The van der Waals surface area contributed by atoms with Crippen molar-refractivity contribution in [2.75, 3.05) is 0 Å². The summed E-state index contributed by atoms with van der Waals surface area (Å²) in [6.45, 7) is -0.136. The Hall–Kier alpha value is -1.22. The lowest BCUT2D eigenvalue weighted by Crippen LogP contribution is -2.10. The second kappa shape index (κ2) is 6.04. The third kappa shape index (κ3) is 4.41. The van der Waals surface area contributed by atoms with E-state index in [2.05, 4.69) is 25.9 Å². The van der Waals surface area contributed by atoms with E-state index in [4.69, 9.17) is 4.74 Å². The van der Waals surface area contributed by atoms with Crippen LogP contribution in [0.1, 0.15) is 9.88 Å². The van der Waals surface area contributed by atoms with Crippen LogP contribution in [0, 0.1) is 5.82 Å². The third-order valence-corrected chi connectivity index (χ3v) is 3.50. The molecule has 0 atom stereocenters. The molecule has 0 aliphatic rings. The predicted octanol–water partition coefficient (Wildman–Crippen LogP) is 4.12. The summed E-state index contributed by atoms with van der Waals surface area (Å²) < 4.78 is 55.4. The first kappa shape index (κ1) is 15.2. The average molecular weight is 371 g/mol. The lowest BCUT2D eigenvalue weighted by molar-refractivity contribution is -0.126. The summed E-state index contributed by atoms with van der Waals surface area (Å²) in [6.07, 6.45) is -4.17. The molecule has 0 amide bonds. The fraction of sp³-hybridized carbons (Fsp3) is 0.273. The van der Waals surface area contributed by atoms with E-state index in [1.54, 1.807) is 0 Å². The molecule has 9 heteroatoms. The summed E-state index contributed by atoms with van der Waals surface area (Å²) in [5, 5.41) is 0.324. The highest BCUT2D eigenvalue weighted by Gasteiger charge is 2.28. The van der Waals surface area contributed by atoms with E-state index in [9.17, 15) is 17.6 Å². The molecule has 3 nitrogen and oxygen atoms in total. The van der Waals surface area contributed by atoms with Gasteiger partial charge in [-0.1, -0.05) is 0 Å². The van der Waals surface area contributed by atoms with E-state index in [1.165, 1.54) is 12.1 Å². The highest BCUT2D eigenvalue weighted by Crippen LogP contribution is 2.25. The van der Waals surface area contributed by atoms with E-state index in [0.29, 0.717) is 9.61 Å². The number of halogens is 5. The monoisotopic (exact) mass is 370 g/mol. The van der Waals surface area contributed by atoms with E-state index < -0.39 is 18.4 Å². The summed E-state index contributed by atoms with van der Waals surface area (Å²) in [5.41, 5.74) is 0. The van der Waals surface area contributed by atoms with Crippen LogP contribution >= 0.6 is 27.3 Å². The molecule has 0 saturated heterocycles. The van der Waals surface area contributed by atoms with Gasteiger partial charge in [-0.15, -0.1) is 11.3 Å². The summed E-state index contributed by atoms with van der Waals surface area (Å²) in [7, 11) is 0. The molecule has 0 spiro atoms. The lowest BCUT2D eigenvalue weighted by atomic mass is 10.4. The highest BCUT2D eigenvalue weighted by molar-refractivity contribution is 9.10. The number of alkyl halides is 3. The van der Waals surface area contributed by atoms with Crippen LogP contribution in [0.2, 0.25) is 0 Å². The smallest absolute Gasteiger partial charge is 0.393 e. The fourth-order valence-electron chi connectivity index (χ4n) is 1.33. The van der Waals surface area contributed by atoms with E-state index in [0.717, 1.165) is 17.5 Å². The molecule has 0 aliphatic heterocycles. The van der Waals surface area contributed by atoms with Crippen LogP contribution in [-0.2, 0) is 13.0 Å². The Balaban J connectivity index is 1.99. The van der Waals surface area contributed by atoms with Crippen molar-refractivity contribution in [1.82, 2.24) is 9.97 Å². The molecule has 108 valence electrons. The SMILES string of the molecule is Fc1ccc(Br)nc1OCc1ncc(CC(F)(F)F)s1. The normalized spacial score (nSPS) is 11.7. The van der Waals surface area contributed by atoms with Gasteiger partial charge in [0.15, 0.2) is 5.82 Å². The molecular formula is C11H7BrF4N2OS. The van der Waals surface area contributed by atoms with Crippen molar-refractivity contribution < 1.29 is 22.3 Å². The number of hydrogen-bond acceptors (Lipinski definition) is 4. The van der Waals surface area contributed by atoms with Crippen LogP contribution in [-0.4, -0.2) is 16.1 Å². The number of nitrogens with zero attached hydrogens (tertiary/aromatic N) is 2. The van der Waals surface area contributed by atoms with Crippen molar-refractivity contribution in [3.63, 3.8) is 0 Å². The first-order valence-electron chi connectivity index (χ1n) is 5.28. The van der Waals surface area contributed by atoms with Gasteiger partial charge in [0.05, 0.1) is 6.42 Å². The highest BCUT2D eigenvalue weighted by atomic mass is 79.9. The van der Waals surface area contributed by atoms with Crippen molar-refractivity contribution in [3.8, 4) is 5.88 Å². The Kier molecular flexibility index (Phi) is 4.59. The molecule has 2 aromatic heterocycles. The third-order valence-electron chi connectivity index (χ3n) is 2.09. The van der Waals surface area contributed by atoms with Gasteiger partial charge in [-0.3, -0.25) is 0 Å². The van der Waals surface area contributed by atoms with Gasteiger partial charge in [-0.2, -0.15) is 13.2 Å². The molecule has 2 rings (SSSR count). The van der Waals surface area contributed by atoms with Crippen LogP contribution in [0.5, 0.6) is 5.88 Å². The average Bonchev–Trinajstić information content (AvgIpc) is 2.75. The molecule has 0 aromatic carbocycles. The molecule has 0 fully saturated rings. The number of rotatable bonds is 4. The van der Waals surface area contributed by atoms with Crippen molar-refractivity contribution in [2.24, 2.45) is 0 Å². The zero-order valence-corrected chi connectivity index (χ0v) is 12.1. The molecule has 0 radical (unpaired) electrons. The van der Waals surface area contributed by atoms with Gasteiger partial charge in [-0.25, -0.2) is 14.4 Å². The summed E-state index contributed by atoms with van der Waals surface area (Å²) in [4.78, 5) is 7.65. The molecule has 20 heavy (non-hydrogen) atoms. The first-order chi connectivity index (χ1) is 9.33. The molecule has 0 aliphatic carbocycles. The second-order valence-electron chi connectivity index (χ2n) is 3.72. The molecule has 0 N–H and O–H groups in total. The molecule has 0 saturated carbocycles. The maximum Gasteiger partial charge on any atom is 0.393 e. The Morgan fingerprint density at radius 3 is 2.75 bits per heavy atom. The molecule has 2 aromatic rings. The van der Waals surface area contributed by atoms with Gasteiger partial charge >= 0.3 is 6.18 Å². The maximum atomic E-state index is 13.3. The van der Waals surface area contributed by atoms with E-state index in [1.807, 2.05) is 0 Å². The van der Waals surface area contributed by atoms with Crippen LogP contribution in [0.25, 0.3) is 0 Å². The van der Waals surface area contributed by atoms with Gasteiger partial charge < -0.3 is 4.74 Å². The Morgan fingerprint density at radius 2 is 2.05 bits per heavy atom. The number of aromatic nitrogens is 2.